The van der Waals surface area contributed by atoms with E-state index in [-0.39, 0.29) is 5.41 Å². The molecule has 0 aromatic heterocycles. The van der Waals surface area contributed by atoms with E-state index in [0.29, 0.717) is 26.1 Å². The Balaban J connectivity index is 2.08. The van der Waals surface area contributed by atoms with Gasteiger partial charge in [-0.15, -0.1) is 0 Å². The summed E-state index contributed by atoms with van der Waals surface area (Å²) in [4.78, 5) is 23.7. The third kappa shape index (κ3) is 1.60. The van der Waals surface area contributed by atoms with Crippen molar-refractivity contribution in [1.29, 1.82) is 0 Å². The van der Waals surface area contributed by atoms with E-state index in [0.717, 1.165) is 12.8 Å². The Morgan fingerprint density at radius 1 is 1.00 bits per heavy atom. The molecule has 0 aromatic carbocycles. The highest BCUT2D eigenvalue weighted by molar-refractivity contribution is 6.01. The minimum atomic E-state index is -0.984. The fourth-order valence-corrected chi connectivity index (χ4v) is 2.67. The molecule has 0 radical (unpaired) electrons. The summed E-state index contributed by atoms with van der Waals surface area (Å²) in [5.41, 5.74) is -0.720. The van der Waals surface area contributed by atoms with Gasteiger partial charge < -0.3 is 9.47 Å². The zero-order valence-electron chi connectivity index (χ0n) is 9.88. The number of esters is 2. The first-order chi connectivity index (χ1) is 7.58. The highest BCUT2D eigenvalue weighted by Crippen LogP contribution is 2.69. The van der Waals surface area contributed by atoms with E-state index in [1.54, 1.807) is 13.8 Å². The van der Waals surface area contributed by atoms with Gasteiger partial charge in [-0.2, -0.15) is 0 Å². The third-order valence-corrected chi connectivity index (χ3v) is 3.64. The lowest BCUT2D eigenvalue weighted by Crippen LogP contribution is -2.52. The Morgan fingerprint density at radius 2 is 1.44 bits per heavy atom. The van der Waals surface area contributed by atoms with Crippen molar-refractivity contribution in [3.8, 4) is 0 Å². The lowest BCUT2D eigenvalue weighted by atomic mass is 9.59. The SMILES string of the molecule is CCOC(=O)C1(C(=O)OCC)CC2(CC2)C1. The quantitative estimate of drug-likeness (QED) is 0.540. The van der Waals surface area contributed by atoms with Crippen LogP contribution < -0.4 is 0 Å². The summed E-state index contributed by atoms with van der Waals surface area (Å²) >= 11 is 0. The maximum absolute atomic E-state index is 11.9. The second kappa shape index (κ2) is 3.75. The Labute approximate surface area is 95.3 Å². The molecule has 0 unspecified atom stereocenters. The average Bonchev–Trinajstić information content (AvgIpc) is 2.95. The summed E-state index contributed by atoms with van der Waals surface area (Å²) in [6.07, 6.45) is 3.51. The zero-order valence-corrected chi connectivity index (χ0v) is 9.88. The van der Waals surface area contributed by atoms with Crippen molar-refractivity contribution in [3.05, 3.63) is 0 Å². The van der Waals surface area contributed by atoms with Crippen LogP contribution in [0.15, 0.2) is 0 Å². The molecule has 2 aliphatic carbocycles. The molecule has 2 fully saturated rings. The number of hydrogen-bond donors (Lipinski definition) is 0. The van der Waals surface area contributed by atoms with Crippen molar-refractivity contribution in [1.82, 2.24) is 0 Å². The normalized spacial score (nSPS) is 23.4. The molecule has 0 aromatic rings. The van der Waals surface area contributed by atoms with Crippen LogP contribution in [0.5, 0.6) is 0 Å². The minimum absolute atomic E-state index is 0.263. The molecule has 4 nitrogen and oxygen atoms in total. The summed E-state index contributed by atoms with van der Waals surface area (Å²) in [5.74, 6) is -0.794. The van der Waals surface area contributed by atoms with E-state index < -0.39 is 17.4 Å². The number of carbonyl (C=O) groups is 2. The van der Waals surface area contributed by atoms with Crippen molar-refractivity contribution < 1.29 is 19.1 Å². The van der Waals surface area contributed by atoms with E-state index in [2.05, 4.69) is 0 Å². The van der Waals surface area contributed by atoms with Crippen LogP contribution in [0.2, 0.25) is 0 Å². The average molecular weight is 226 g/mol. The molecule has 0 N–H and O–H groups in total. The molecular formula is C12H18O4. The second-order valence-corrected chi connectivity index (χ2v) is 4.88. The van der Waals surface area contributed by atoms with Gasteiger partial charge in [0.05, 0.1) is 13.2 Å². The van der Waals surface area contributed by atoms with E-state index in [1.807, 2.05) is 0 Å². The topological polar surface area (TPSA) is 52.6 Å². The predicted molar refractivity (Wildman–Crippen MR) is 56.6 cm³/mol. The van der Waals surface area contributed by atoms with Gasteiger partial charge in [0.1, 0.15) is 0 Å². The Hall–Kier alpha value is -1.06. The lowest BCUT2D eigenvalue weighted by Gasteiger charge is -2.43. The van der Waals surface area contributed by atoms with E-state index in [4.69, 9.17) is 9.47 Å². The van der Waals surface area contributed by atoms with Crippen LogP contribution in [0.1, 0.15) is 39.5 Å². The second-order valence-electron chi connectivity index (χ2n) is 4.88. The molecule has 2 rings (SSSR count). The van der Waals surface area contributed by atoms with Gasteiger partial charge in [0.25, 0.3) is 0 Å². The number of ether oxygens (including phenoxy) is 2. The van der Waals surface area contributed by atoms with Crippen LogP contribution >= 0.6 is 0 Å². The van der Waals surface area contributed by atoms with Crippen LogP contribution in [0.3, 0.4) is 0 Å². The minimum Gasteiger partial charge on any atom is -0.465 e. The van der Waals surface area contributed by atoms with Gasteiger partial charge in [0.15, 0.2) is 5.41 Å². The van der Waals surface area contributed by atoms with Gasteiger partial charge in [-0.05, 0) is 44.9 Å². The van der Waals surface area contributed by atoms with Crippen molar-refractivity contribution in [3.63, 3.8) is 0 Å². The van der Waals surface area contributed by atoms with Gasteiger partial charge in [0, 0.05) is 0 Å². The molecule has 0 saturated heterocycles. The zero-order chi connectivity index (χ0) is 11.8. The summed E-state index contributed by atoms with van der Waals surface area (Å²) in [6, 6.07) is 0. The maximum atomic E-state index is 11.9. The van der Waals surface area contributed by atoms with Crippen molar-refractivity contribution in [2.45, 2.75) is 39.5 Å². The summed E-state index contributed by atoms with van der Waals surface area (Å²) in [6.45, 7) is 4.13. The predicted octanol–water partition coefficient (Wildman–Crippen LogP) is 1.67. The largest absolute Gasteiger partial charge is 0.465 e. The summed E-state index contributed by atoms with van der Waals surface area (Å²) in [7, 11) is 0. The fraction of sp³-hybridized carbons (Fsp3) is 0.833. The smallest absolute Gasteiger partial charge is 0.323 e. The third-order valence-electron chi connectivity index (χ3n) is 3.64. The summed E-state index contributed by atoms with van der Waals surface area (Å²) < 4.78 is 10.00. The van der Waals surface area contributed by atoms with E-state index >= 15 is 0 Å². The van der Waals surface area contributed by atoms with Crippen LogP contribution in [0.25, 0.3) is 0 Å². The standard InChI is InChI=1S/C12H18O4/c1-3-15-9(13)12(10(14)16-4-2)7-11(8-12)5-6-11/h3-8H2,1-2H3. The van der Waals surface area contributed by atoms with E-state index in [9.17, 15) is 9.59 Å². The summed E-state index contributed by atoms with van der Waals surface area (Å²) in [5, 5.41) is 0. The molecule has 0 heterocycles. The van der Waals surface area contributed by atoms with Crippen molar-refractivity contribution >= 4 is 11.9 Å². The number of carbonyl (C=O) groups excluding carboxylic acids is 2. The van der Waals surface area contributed by atoms with Gasteiger partial charge >= 0.3 is 11.9 Å². The highest BCUT2D eigenvalue weighted by atomic mass is 16.6. The molecule has 2 saturated carbocycles. The Bertz CT molecular complexity index is 289. The number of hydrogen-bond acceptors (Lipinski definition) is 4. The molecular weight excluding hydrogens is 208 g/mol. The van der Waals surface area contributed by atoms with Gasteiger partial charge in [0.2, 0.25) is 0 Å². The lowest BCUT2D eigenvalue weighted by molar-refractivity contribution is -0.185. The fourth-order valence-electron chi connectivity index (χ4n) is 2.67. The van der Waals surface area contributed by atoms with Crippen LogP contribution in [-0.4, -0.2) is 25.2 Å². The maximum Gasteiger partial charge on any atom is 0.323 e. The Morgan fingerprint density at radius 3 is 1.75 bits per heavy atom. The van der Waals surface area contributed by atoms with Gasteiger partial charge in [-0.1, -0.05) is 0 Å². The highest BCUT2D eigenvalue weighted by Gasteiger charge is 2.69. The molecule has 0 aliphatic heterocycles. The van der Waals surface area contributed by atoms with Crippen LogP contribution in [0.4, 0.5) is 0 Å². The van der Waals surface area contributed by atoms with E-state index in [1.165, 1.54) is 0 Å². The first-order valence-corrected chi connectivity index (χ1v) is 5.93. The first-order valence-electron chi connectivity index (χ1n) is 5.93. The molecule has 4 heteroatoms. The number of rotatable bonds is 4. The monoisotopic (exact) mass is 226 g/mol. The van der Waals surface area contributed by atoms with Crippen molar-refractivity contribution in [2.24, 2.45) is 10.8 Å². The van der Waals surface area contributed by atoms with Crippen LogP contribution in [-0.2, 0) is 19.1 Å². The molecule has 0 amide bonds. The van der Waals surface area contributed by atoms with Crippen molar-refractivity contribution in [2.75, 3.05) is 13.2 Å². The Kier molecular flexibility index (Phi) is 2.68. The molecule has 0 atom stereocenters. The molecule has 1 spiro atoms. The molecule has 90 valence electrons. The van der Waals surface area contributed by atoms with Gasteiger partial charge in [-0.25, -0.2) is 0 Å². The van der Waals surface area contributed by atoms with Gasteiger partial charge in [-0.3, -0.25) is 9.59 Å². The van der Waals surface area contributed by atoms with Crippen LogP contribution in [0, 0.1) is 10.8 Å². The molecule has 16 heavy (non-hydrogen) atoms. The first kappa shape index (κ1) is 11.4. The molecule has 0 bridgehead atoms. The molecule has 2 aliphatic rings.